The topological polar surface area (TPSA) is 58.2 Å². The Morgan fingerprint density at radius 3 is 2.38 bits per heavy atom. The van der Waals surface area contributed by atoms with Crippen molar-refractivity contribution in [1.29, 1.82) is 0 Å². The molecular weight excluding hydrogens is 264 g/mol. The molecule has 1 heterocycles. The van der Waals surface area contributed by atoms with Crippen LogP contribution in [0.3, 0.4) is 0 Å². The fourth-order valence-electron chi connectivity index (χ4n) is 2.05. The van der Waals surface area contributed by atoms with E-state index in [4.69, 9.17) is 0 Å². The van der Waals surface area contributed by atoms with Gasteiger partial charge in [-0.25, -0.2) is 0 Å². The van der Waals surface area contributed by atoms with Gasteiger partial charge in [0.25, 0.3) is 11.8 Å². The second-order valence-corrected chi connectivity index (χ2v) is 4.97. The fourth-order valence-corrected chi connectivity index (χ4v) is 2.05. The van der Waals surface area contributed by atoms with Crippen LogP contribution in [0.5, 0.6) is 0 Å². The summed E-state index contributed by atoms with van der Waals surface area (Å²) in [6.45, 7) is 6.07. The molecule has 0 atom stereocenters. The standard InChI is InChI=1S/C17H18N2O2/c1-4-5-6-7-13-8-9-14(12(3)11(13)2)10-15-16(20)18-19-17(15)21/h8-10H,4-5H2,1-3H3,(H,18,20)(H,19,21). The minimum Gasteiger partial charge on any atom is -0.267 e. The summed E-state index contributed by atoms with van der Waals surface area (Å²) in [5, 5.41) is 0. The summed E-state index contributed by atoms with van der Waals surface area (Å²) in [7, 11) is 0. The lowest BCUT2D eigenvalue weighted by Crippen LogP contribution is -2.28. The van der Waals surface area contributed by atoms with Gasteiger partial charge in [0.15, 0.2) is 0 Å². The Labute approximate surface area is 124 Å². The average Bonchev–Trinajstić information content (AvgIpc) is 2.78. The summed E-state index contributed by atoms with van der Waals surface area (Å²) in [6, 6.07) is 3.83. The summed E-state index contributed by atoms with van der Waals surface area (Å²) in [5.74, 6) is 5.50. The number of hydrazine groups is 1. The molecular formula is C17H18N2O2. The molecule has 0 saturated carbocycles. The highest BCUT2D eigenvalue weighted by Crippen LogP contribution is 2.20. The number of unbranched alkanes of at least 4 members (excludes halogenated alkanes) is 1. The van der Waals surface area contributed by atoms with Crippen molar-refractivity contribution >= 4 is 17.9 Å². The quantitative estimate of drug-likeness (QED) is 0.495. The van der Waals surface area contributed by atoms with E-state index in [1.54, 1.807) is 6.08 Å². The van der Waals surface area contributed by atoms with Gasteiger partial charge in [0.1, 0.15) is 5.57 Å². The van der Waals surface area contributed by atoms with Crippen LogP contribution in [-0.4, -0.2) is 11.8 Å². The number of benzene rings is 1. The van der Waals surface area contributed by atoms with Gasteiger partial charge >= 0.3 is 0 Å². The average molecular weight is 282 g/mol. The van der Waals surface area contributed by atoms with Crippen LogP contribution < -0.4 is 10.9 Å². The third-order valence-corrected chi connectivity index (χ3v) is 3.51. The van der Waals surface area contributed by atoms with Crippen molar-refractivity contribution in [3.63, 3.8) is 0 Å². The smallest absolute Gasteiger partial charge is 0.267 e. The first-order valence-corrected chi connectivity index (χ1v) is 6.96. The molecule has 108 valence electrons. The predicted molar refractivity (Wildman–Crippen MR) is 82.0 cm³/mol. The highest BCUT2D eigenvalue weighted by atomic mass is 16.2. The Balaban J connectivity index is 2.38. The van der Waals surface area contributed by atoms with Crippen LogP contribution in [0.25, 0.3) is 6.08 Å². The molecule has 2 amide bonds. The molecule has 1 saturated heterocycles. The van der Waals surface area contributed by atoms with Gasteiger partial charge < -0.3 is 0 Å². The monoisotopic (exact) mass is 282 g/mol. The van der Waals surface area contributed by atoms with E-state index in [1.807, 2.05) is 26.0 Å². The first-order chi connectivity index (χ1) is 10.0. The first kappa shape index (κ1) is 14.9. The van der Waals surface area contributed by atoms with Gasteiger partial charge in [-0.2, -0.15) is 0 Å². The summed E-state index contributed by atoms with van der Waals surface area (Å²) < 4.78 is 0. The number of carbonyl (C=O) groups excluding carboxylic acids is 2. The lowest BCUT2D eigenvalue weighted by molar-refractivity contribution is -0.117. The lowest BCUT2D eigenvalue weighted by atomic mass is 9.96. The summed E-state index contributed by atoms with van der Waals surface area (Å²) in [6.07, 6.45) is 3.54. The minimum atomic E-state index is -0.399. The van der Waals surface area contributed by atoms with Crippen LogP contribution in [0.15, 0.2) is 17.7 Å². The SMILES string of the molecule is CCCC#Cc1ccc(C=C2C(=O)NNC2=O)c(C)c1C. The van der Waals surface area contributed by atoms with E-state index < -0.39 is 11.8 Å². The lowest BCUT2D eigenvalue weighted by Gasteiger charge is -2.07. The maximum absolute atomic E-state index is 11.5. The molecule has 0 aromatic heterocycles. The van der Waals surface area contributed by atoms with E-state index in [0.29, 0.717) is 0 Å². The normalized spacial score (nSPS) is 13.4. The molecule has 21 heavy (non-hydrogen) atoms. The molecule has 1 aliphatic rings. The molecule has 4 heteroatoms. The predicted octanol–water partition coefficient (Wildman–Crippen LogP) is 2.00. The Morgan fingerprint density at radius 2 is 1.76 bits per heavy atom. The highest BCUT2D eigenvalue weighted by molar-refractivity contribution is 6.25. The molecule has 1 fully saturated rings. The molecule has 0 bridgehead atoms. The minimum absolute atomic E-state index is 0.127. The number of carbonyl (C=O) groups is 2. The van der Waals surface area contributed by atoms with Gasteiger partial charge in [-0.1, -0.05) is 24.8 Å². The third kappa shape index (κ3) is 3.14. The number of nitrogens with one attached hydrogen (secondary N) is 2. The molecule has 2 rings (SSSR count). The van der Waals surface area contributed by atoms with Crippen LogP contribution in [0.4, 0.5) is 0 Å². The van der Waals surface area contributed by atoms with Crippen molar-refractivity contribution in [2.45, 2.75) is 33.6 Å². The van der Waals surface area contributed by atoms with E-state index in [-0.39, 0.29) is 5.57 Å². The number of hydrogen-bond acceptors (Lipinski definition) is 2. The van der Waals surface area contributed by atoms with E-state index >= 15 is 0 Å². The maximum atomic E-state index is 11.5. The van der Waals surface area contributed by atoms with Gasteiger partial charge in [0.2, 0.25) is 0 Å². The van der Waals surface area contributed by atoms with E-state index in [1.165, 1.54) is 0 Å². The number of rotatable bonds is 2. The van der Waals surface area contributed by atoms with Crippen molar-refractivity contribution in [2.24, 2.45) is 0 Å². The zero-order valence-electron chi connectivity index (χ0n) is 12.5. The molecule has 4 nitrogen and oxygen atoms in total. The van der Waals surface area contributed by atoms with Gasteiger partial charge in [0, 0.05) is 12.0 Å². The van der Waals surface area contributed by atoms with Gasteiger partial charge in [-0.15, -0.1) is 0 Å². The second kappa shape index (κ2) is 6.27. The van der Waals surface area contributed by atoms with Crippen LogP contribution in [-0.2, 0) is 9.59 Å². The van der Waals surface area contributed by atoms with Gasteiger partial charge in [0.05, 0.1) is 0 Å². The van der Waals surface area contributed by atoms with Gasteiger partial charge in [-0.05, 0) is 49.1 Å². The van der Waals surface area contributed by atoms with Crippen molar-refractivity contribution in [3.8, 4) is 11.8 Å². The van der Waals surface area contributed by atoms with Crippen LogP contribution in [0.1, 0.15) is 42.0 Å². The van der Waals surface area contributed by atoms with Crippen molar-refractivity contribution in [3.05, 3.63) is 40.0 Å². The Bertz CT molecular complexity index is 673. The zero-order chi connectivity index (χ0) is 15.4. The Morgan fingerprint density at radius 1 is 1.10 bits per heavy atom. The Kier molecular flexibility index (Phi) is 4.44. The zero-order valence-corrected chi connectivity index (χ0v) is 12.5. The molecule has 1 aliphatic heterocycles. The molecule has 1 aromatic carbocycles. The van der Waals surface area contributed by atoms with Crippen LogP contribution >= 0.6 is 0 Å². The first-order valence-electron chi connectivity index (χ1n) is 6.96. The van der Waals surface area contributed by atoms with Crippen molar-refractivity contribution < 1.29 is 9.59 Å². The molecule has 0 aliphatic carbocycles. The summed E-state index contributed by atoms with van der Waals surface area (Å²) in [4.78, 5) is 23.1. The Hall–Kier alpha value is -2.54. The van der Waals surface area contributed by atoms with Crippen molar-refractivity contribution in [2.75, 3.05) is 0 Å². The molecule has 1 aromatic rings. The van der Waals surface area contributed by atoms with Crippen LogP contribution in [0.2, 0.25) is 0 Å². The van der Waals surface area contributed by atoms with E-state index in [2.05, 4.69) is 29.6 Å². The van der Waals surface area contributed by atoms with E-state index in [9.17, 15) is 9.59 Å². The summed E-state index contributed by atoms with van der Waals surface area (Å²) in [5.41, 5.74) is 8.66. The van der Waals surface area contributed by atoms with E-state index in [0.717, 1.165) is 35.1 Å². The molecule has 0 unspecified atom stereocenters. The second-order valence-electron chi connectivity index (χ2n) is 4.97. The third-order valence-electron chi connectivity index (χ3n) is 3.51. The summed E-state index contributed by atoms with van der Waals surface area (Å²) >= 11 is 0. The largest absolute Gasteiger partial charge is 0.275 e. The number of amides is 2. The molecule has 0 spiro atoms. The van der Waals surface area contributed by atoms with Gasteiger partial charge in [-0.3, -0.25) is 20.4 Å². The van der Waals surface area contributed by atoms with Crippen LogP contribution in [0, 0.1) is 25.7 Å². The molecule has 0 radical (unpaired) electrons. The molecule has 2 N–H and O–H groups in total. The maximum Gasteiger partial charge on any atom is 0.275 e. The fraction of sp³-hybridized carbons (Fsp3) is 0.294. The number of hydrogen-bond donors (Lipinski definition) is 2. The van der Waals surface area contributed by atoms with Crippen molar-refractivity contribution in [1.82, 2.24) is 10.9 Å². The highest BCUT2D eigenvalue weighted by Gasteiger charge is 2.25.